The molecule has 2 rings (SSSR count). The van der Waals surface area contributed by atoms with Crippen LogP contribution in [0.5, 0.6) is 5.75 Å². The van der Waals surface area contributed by atoms with Crippen molar-refractivity contribution in [2.75, 3.05) is 19.8 Å². The number of para-hydroxylation sites is 1. The van der Waals surface area contributed by atoms with Crippen LogP contribution in [-0.2, 0) is 16.4 Å². The summed E-state index contributed by atoms with van der Waals surface area (Å²) in [4.78, 5) is 4.58. The minimum absolute atomic E-state index is 0. The van der Waals surface area contributed by atoms with E-state index in [0.29, 0.717) is 23.9 Å². The number of ether oxygens (including phenoxy) is 1. The Morgan fingerprint density at radius 1 is 1.10 bits per heavy atom. The lowest BCUT2D eigenvalue weighted by molar-refractivity contribution is 0.222. The average Bonchev–Trinajstić information content (AvgIpc) is 2.63. The summed E-state index contributed by atoms with van der Waals surface area (Å²) in [5, 5.41) is 6.48. The molecule has 29 heavy (non-hydrogen) atoms. The molecule has 0 saturated carbocycles. The van der Waals surface area contributed by atoms with Crippen molar-refractivity contribution in [1.82, 2.24) is 10.6 Å². The van der Waals surface area contributed by atoms with Gasteiger partial charge in [-0.05, 0) is 49.6 Å². The number of hydrogen-bond acceptors (Lipinski definition) is 4. The van der Waals surface area contributed by atoms with Crippen LogP contribution in [0.15, 0.2) is 52.4 Å². The quantitative estimate of drug-likeness (QED) is 0.325. The number of benzene rings is 2. The van der Waals surface area contributed by atoms with Crippen molar-refractivity contribution < 1.29 is 13.2 Å². The molecule has 6 nitrogen and oxygen atoms in total. The smallest absolute Gasteiger partial charge is 0.191 e. The lowest BCUT2D eigenvalue weighted by Gasteiger charge is -2.19. The second-order valence-corrected chi connectivity index (χ2v) is 8.86. The maximum Gasteiger partial charge on any atom is 0.191 e. The van der Waals surface area contributed by atoms with Gasteiger partial charge in [0.05, 0.1) is 11.4 Å². The maximum atomic E-state index is 11.7. The fourth-order valence-corrected chi connectivity index (χ4v) is 3.79. The molecule has 0 aliphatic carbocycles. The first kappa shape index (κ1) is 25.2. The molecule has 2 aromatic rings. The van der Waals surface area contributed by atoms with Gasteiger partial charge < -0.3 is 15.4 Å². The summed E-state index contributed by atoms with van der Waals surface area (Å²) < 4.78 is 29.4. The van der Waals surface area contributed by atoms with Crippen molar-refractivity contribution in [3.63, 3.8) is 0 Å². The van der Waals surface area contributed by atoms with Gasteiger partial charge in [-0.1, -0.05) is 30.3 Å². The molecule has 2 aromatic carbocycles. The van der Waals surface area contributed by atoms with Gasteiger partial charge in [0.15, 0.2) is 15.8 Å². The Morgan fingerprint density at radius 2 is 1.79 bits per heavy atom. The molecule has 0 aliphatic heterocycles. The van der Waals surface area contributed by atoms with Crippen LogP contribution in [0.3, 0.4) is 0 Å². The maximum absolute atomic E-state index is 11.7. The van der Waals surface area contributed by atoms with E-state index in [9.17, 15) is 8.42 Å². The van der Waals surface area contributed by atoms with Crippen molar-refractivity contribution in [3.8, 4) is 5.75 Å². The van der Waals surface area contributed by atoms with Gasteiger partial charge in [0.1, 0.15) is 11.9 Å². The van der Waals surface area contributed by atoms with E-state index in [4.69, 9.17) is 4.74 Å². The fourth-order valence-electron chi connectivity index (χ4n) is 2.83. The van der Waals surface area contributed by atoms with E-state index < -0.39 is 9.84 Å². The molecule has 1 unspecified atom stereocenters. The zero-order chi connectivity index (χ0) is 20.7. The first-order chi connectivity index (χ1) is 13.2. The number of nitrogens with zero attached hydrogens (tertiary/aromatic N) is 1. The Balaban J connectivity index is 0.00000420. The van der Waals surface area contributed by atoms with Gasteiger partial charge in [-0.2, -0.15) is 0 Å². The lowest BCUT2D eigenvalue weighted by Crippen LogP contribution is -2.41. The third-order valence-corrected chi connectivity index (χ3v) is 5.56. The van der Waals surface area contributed by atoms with E-state index in [1.165, 1.54) is 6.26 Å². The second-order valence-electron chi connectivity index (χ2n) is 6.87. The van der Waals surface area contributed by atoms with Gasteiger partial charge in [-0.25, -0.2) is 8.42 Å². The topological polar surface area (TPSA) is 79.8 Å². The zero-order valence-corrected chi connectivity index (χ0v) is 20.7. The van der Waals surface area contributed by atoms with Crippen LogP contribution in [0.2, 0.25) is 0 Å². The van der Waals surface area contributed by atoms with Gasteiger partial charge in [-0.15, -0.1) is 24.0 Å². The first-order valence-corrected chi connectivity index (χ1v) is 11.1. The largest absolute Gasteiger partial charge is 0.489 e. The summed E-state index contributed by atoms with van der Waals surface area (Å²) in [6.45, 7) is 6.96. The van der Waals surface area contributed by atoms with Crippen LogP contribution in [0, 0.1) is 13.8 Å². The molecule has 1 atom stereocenters. The molecule has 8 heteroatoms. The molecule has 0 fully saturated rings. The molecular formula is C21H30IN3O3S. The van der Waals surface area contributed by atoms with Crippen LogP contribution in [-0.4, -0.2) is 40.3 Å². The predicted octanol–water partition coefficient (Wildman–Crippen LogP) is 3.46. The van der Waals surface area contributed by atoms with Crippen LogP contribution in [0.4, 0.5) is 0 Å². The van der Waals surface area contributed by atoms with Gasteiger partial charge >= 0.3 is 0 Å². The number of hydrogen-bond donors (Lipinski definition) is 2. The highest BCUT2D eigenvalue weighted by atomic mass is 127. The fraction of sp³-hybridized carbons (Fsp3) is 0.381. The molecule has 0 amide bonds. The Labute approximate surface area is 191 Å². The van der Waals surface area contributed by atoms with E-state index in [1.807, 2.05) is 50.2 Å². The van der Waals surface area contributed by atoms with Gasteiger partial charge in [0, 0.05) is 19.8 Å². The number of sulfone groups is 1. The average molecular weight is 531 g/mol. The number of halogens is 1. The number of guanidine groups is 1. The number of nitrogens with one attached hydrogen (secondary N) is 2. The minimum Gasteiger partial charge on any atom is -0.489 e. The predicted molar refractivity (Wildman–Crippen MR) is 129 cm³/mol. The molecule has 0 spiro atoms. The summed E-state index contributed by atoms with van der Waals surface area (Å²) in [5.41, 5.74) is 2.83. The second kappa shape index (κ2) is 11.4. The first-order valence-electron chi connectivity index (χ1n) is 9.17. The van der Waals surface area contributed by atoms with E-state index >= 15 is 0 Å². The van der Waals surface area contributed by atoms with E-state index in [2.05, 4.69) is 15.6 Å². The molecular weight excluding hydrogens is 501 g/mol. The van der Waals surface area contributed by atoms with E-state index in [-0.39, 0.29) is 30.1 Å². The van der Waals surface area contributed by atoms with Crippen LogP contribution >= 0.6 is 24.0 Å². The molecule has 0 heterocycles. The summed E-state index contributed by atoms with van der Waals surface area (Å²) >= 11 is 0. The zero-order valence-electron chi connectivity index (χ0n) is 17.5. The van der Waals surface area contributed by atoms with E-state index in [0.717, 1.165) is 22.4 Å². The van der Waals surface area contributed by atoms with Crippen molar-refractivity contribution in [1.29, 1.82) is 0 Å². The highest BCUT2D eigenvalue weighted by Crippen LogP contribution is 2.18. The van der Waals surface area contributed by atoms with Crippen LogP contribution in [0.25, 0.3) is 0 Å². The molecule has 2 N–H and O–H groups in total. The molecule has 160 valence electrons. The van der Waals surface area contributed by atoms with Crippen LogP contribution < -0.4 is 15.4 Å². The molecule has 0 saturated heterocycles. The van der Waals surface area contributed by atoms with Gasteiger partial charge in [0.25, 0.3) is 0 Å². The Morgan fingerprint density at radius 3 is 2.38 bits per heavy atom. The van der Waals surface area contributed by atoms with Crippen molar-refractivity contribution in [3.05, 3.63) is 59.2 Å². The molecule has 0 aromatic heterocycles. The summed E-state index contributed by atoms with van der Waals surface area (Å²) in [6, 6.07) is 13.3. The third-order valence-electron chi connectivity index (χ3n) is 4.30. The third kappa shape index (κ3) is 7.85. The van der Waals surface area contributed by atoms with Gasteiger partial charge in [-0.3, -0.25) is 4.99 Å². The summed E-state index contributed by atoms with van der Waals surface area (Å²) in [6.07, 6.45) is 1.19. The van der Waals surface area contributed by atoms with Crippen molar-refractivity contribution in [2.24, 2.45) is 4.99 Å². The van der Waals surface area contributed by atoms with E-state index in [1.54, 1.807) is 20.0 Å². The number of aryl methyl sites for hydroxylation is 2. The minimum atomic E-state index is -3.20. The van der Waals surface area contributed by atoms with Crippen molar-refractivity contribution >= 4 is 39.8 Å². The summed E-state index contributed by atoms with van der Waals surface area (Å²) in [7, 11) is -1.50. The highest BCUT2D eigenvalue weighted by Gasteiger charge is 2.11. The van der Waals surface area contributed by atoms with Crippen LogP contribution in [0.1, 0.15) is 23.6 Å². The van der Waals surface area contributed by atoms with Crippen molar-refractivity contribution in [2.45, 2.75) is 38.3 Å². The molecule has 0 bridgehead atoms. The van der Waals surface area contributed by atoms with Gasteiger partial charge in [0.2, 0.25) is 0 Å². The normalized spacial score (nSPS) is 12.7. The SMILES string of the molecule is CN=C(NCc1ccc(S(C)(=O)=O)c(C)c1)NCC(C)Oc1ccccc1C.I. The Hall–Kier alpha value is -1.81. The highest BCUT2D eigenvalue weighted by molar-refractivity contribution is 14.0. The monoisotopic (exact) mass is 531 g/mol. The summed E-state index contributed by atoms with van der Waals surface area (Å²) in [5.74, 6) is 1.53. The Kier molecular flexibility index (Phi) is 9.91. The molecule has 0 aliphatic rings. The number of aliphatic imine (C=N–C) groups is 1. The lowest BCUT2D eigenvalue weighted by atomic mass is 10.1. The molecule has 0 radical (unpaired) electrons. The Bertz CT molecular complexity index is 946. The number of rotatable bonds is 7. The standard InChI is InChI=1S/C21H29N3O3S.HI/c1-15-8-6-7-9-19(15)27-17(3)13-23-21(22-4)24-14-18-10-11-20(16(2)12-18)28(5,25)26;/h6-12,17H,13-14H2,1-5H3,(H2,22,23,24);1H.